The number of aromatic nitrogens is 1. The molecule has 4 heteroatoms. The van der Waals surface area contributed by atoms with E-state index in [-0.39, 0.29) is 5.54 Å². The Morgan fingerprint density at radius 2 is 2.20 bits per heavy atom. The van der Waals surface area contributed by atoms with Gasteiger partial charge in [0.05, 0.1) is 12.3 Å². The summed E-state index contributed by atoms with van der Waals surface area (Å²) in [6.07, 6.45) is 1.19. The van der Waals surface area contributed by atoms with Gasteiger partial charge in [-0.2, -0.15) is 0 Å². The molecule has 1 aliphatic heterocycles. The molecule has 1 aromatic rings. The predicted octanol–water partition coefficient (Wildman–Crippen LogP) is 2.44. The molecule has 1 atom stereocenters. The second-order valence-corrected chi connectivity index (χ2v) is 6.65. The van der Waals surface area contributed by atoms with E-state index in [1.807, 2.05) is 0 Å². The molecular formula is C16H27N3O. The van der Waals surface area contributed by atoms with Crippen molar-refractivity contribution < 1.29 is 4.74 Å². The molecule has 0 radical (unpaired) electrons. The first-order valence-corrected chi connectivity index (χ1v) is 7.43. The molecule has 2 heterocycles. The topological polar surface area (TPSA) is 37.4 Å². The second kappa shape index (κ2) is 6.55. The van der Waals surface area contributed by atoms with E-state index in [1.165, 1.54) is 6.42 Å². The zero-order chi connectivity index (χ0) is 14.6. The molecule has 4 nitrogen and oxygen atoms in total. The molecule has 0 spiro atoms. The Kier molecular flexibility index (Phi) is 5.00. The van der Waals surface area contributed by atoms with Crippen LogP contribution in [-0.2, 0) is 11.3 Å². The second-order valence-electron chi connectivity index (χ2n) is 6.65. The lowest BCUT2D eigenvalue weighted by Crippen LogP contribution is -2.35. The van der Waals surface area contributed by atoms with Gasteiger partial charge < -0.3 is 15.0 Å². The van der Waals surface area contributed by atoms with Crippen molar-refractivity contribution in [3.8, 4) is 0 Å². The van der Waals surface area contributed by atoms with Crippen molar-refractivity contribution in [3.05, 3.63) is 23.9 Å². The highest BCUT2D eigenvalue weighted by Crippen LogP contribution is 2.22. The summed E-state index contributed by atoms with van der Waals surface area (Å²) in [6.45, 7) is 10.3. The zero-order valence-electron chi connectivity index (χ0n) is 13.1. The van der Waals surface area contributed by atoms with Crippen molar-refractivity contribution in [1.29, 1.82) is 0 Å². The molecule has 0 amide bonds. The van der Waals surface area contributed by atoms with Gasteiger partial charge in [0.25, 0.3) is 0 Å². The summed E-state index contributed by atoms with van der Waals surface area (Å²) < 4.78 is 5.25. The van der Waals surface area contributed by atoms with Gasteiger partial charge >= 0.3 is 0 Å². The third-order valence-corrected chi connectivity index (χ3v) is 3.60. The third-order valence-electron chi connectivity index (χ3n) is 3.60. The fourth-order valence-electron chi connectivity index (χ4n) is 2.51. The van der Waals surface area contributed by atoms with E-state index in [2.05, 4.69) is 49.2 Å². The predicted molar refractivity (Wildman–Crippen MR) is 83.0 cm³/mol. The lowest BCUT2D eigenvalue weighted by molar-refractivity contribution is 0.161. The lowest BCUT2D eigenvalue weighted by atomic mass is 10.1. The third kappa shape index (κ3) is 4.46. The Labute approximate surface area is 122 Å². The van der Waals surface area contributed by atoms with Crippen LogP contribution >= 0.6 is 0 Å². The van der Waals surface area contributed by atoms with Crippen molar-refractivity contribution >= 4 is 5.82 Å². The Morgan fingerprint density at radius 1 is 1.40 bits per heavy atom. The standard InChI is InChI=1S/C16H27N3O/c1-16(2,3)17-10-14-6-5-7-15(18-14)19-9-8-13(11-19)12-20-4/h5-7,13,17H,8-12H2,1-4H3. The van der Waals surface area contributed by atoms with Crippen LogP contribution in [0.2, 0.25) is 0 Å². The van der Waals surface area contributed by atoms with Crippen molar-refractivity contribution in [1.82, 2.24) is 10.3 Å². The van der Waals surface area contributed by atoms with E-state index < -0.39 is 0 Å². The Morgan fingerprint density at radius 3 is 2.90 bits per heavy atom. The van der Waals surface area contributed by atoms with Crippen LogP contribution in [0.1, 0.15) is 32.9 Å². The van der Waals surface area contributed by atoms with Crippen molar-refractivity contribution in [2.45, 2.75) is 39.3 Å². The monoisotopic (exact) mass is 277 g/mol. The maximum atomic E-state index is 5.25. The van der Waals surface area contributed by atoms with Crippen LogP contribution in [0.5, 0.6) is 0 Å². The van der Waals surface area contributed by atoms with Crippen LogP contribution in [0.4, 0.5) is 5.82 Å². The largest absolute Gasteiger partial charge is 0.384 e. The minimum Gasteiger partial charge on any atom is -0.384 e. The van der Waals surface area contributed by atoms with Crippen LogP contribution in [0.25, 0.3) is 0 Å². The fraction of sp³-hybridized carbons (Fsp3) is 0.688. The van der Waals surface area contributed by atoms with Gasteiger partial charge in [-0.15, -0.1) is 0 Å². The molecule has 1 aliphatic rings. The van der Waals surface area contributed by atoms with E-state index in [0.29, 0.717) is 5.92 Å². The van der Waals surface area contributed by atoms with Gasteiger partial charge in [0.2, 0.25) is 0 Å². The van der Waals surface area contributed by atoms with Gasteiger partial charge in [-0.1, -0.05) is 6.07 Å². The van der Waals surface area contributed by atoms with Crippen LogP contribution in [0.3, 0.4) is 0 Å². The number of anilines is 1. The number of methoxy groups -OCH3 is 1. The van der Waals surface area contributed by atoms with Gasteiger partial charge in [-0.25, -0.2) is 4.98 Å². The van der Waals surface area contributed by atoms with E-state index >= 15 is 0 Å². The molecule has 1 N–H and O–H groups in total. The first kappa shape index (κ1) is 15.3. The average molecular weight is 277 g/mol. The van der Waals surface area contributed by atoms with E-state index in [1.54, 1.807) is 7.11 Å². The normalized spacial score (nSPS) is 19.6. The smallest absolute Gasteiger partial charge is 0.128 e. The van der Waals surface area contributed by atoms with Crippen LogP contribution in [0.15, 0.2) is 18.2 Å². The van der Waals surface area contributed by atoms with E-state index in [4.69, 9.17) is 9.72 Å². The summed E-state index contributed by atoms with van der Waals surface area (Å²) in [4.78, 5) is 7.14. The van der Waals surface area contributed by atoms with Gasteiger partial charge in [-0.05, 0) is 39.3 Å². The maximum Gasteiger partial charge on any atom is 0.128 e. The lowest BCUT2D eigenvalue weighted by Gasteiger charge is -2.21. The van der Waals surface area contributed by atoms with Gasteiger partial charge in [-0.3, -0.25) is 0 Å². The molecule has 0 saturated carbocycles. The molecule has 2 rings (SSSR count). The van der Waals surface area contributed by atoms with Crippen LogP contribution in [0, 0.1) is 5.92 Å². The molecule has 112 valence electrons. The molecule has 0 aromatic carbocycles. The molecule has 0 aliphatic carbocycles. The van der Waals surface area contributed by atoms with Crippen molar-refractivity contribution in [3.63, 3.8) is 0 Å². The zero-order valence-corrected chi connectivity index (χ0v) is 13.1. The van der Waals surface area contributed by atoms with Gasteiger partial charge in [0.15, 0.2) is 0 Å². The summed E-state index contributed by atoms with van der Waals surface area (Å²) in [5, 5.41) is 3.48. The number of hydrogen-bond donors (Lipinski definition) is 1. The van der Waals surface area contributed by atoms with Crippen LogP contribution in [-0.4, -0.2) is 37.3 Å². The molecule has 1 unspecified atom stereocenters. The number of ether oxygens (including phenoxy) is 1. The molecular weight excluding hydrogens is 250 g/mol. The number of rotatable bonds is 5. The van der Waals surface area contributed by atoms with Crippen molar-refractivity contribution in [2.75, 3.05) is 31.7 Å². The van der Waals surface area contributed by atoms with Crippen LogP contribution < -0.4 is 10.2 Å². The summed E-state index contributed by atoms with van der Waals surface area (Å²) in [6, 6.07) is 6.30. The fourth-order valence-corrected chi connectivity index (χ4v) is 2.51. The summed E-state index contributed by atoms with van der Waals surface area (Å²) in [5.41, 5.74) is 1.22. The minimum absolute atomic E-state index is 0.120. The van der Waals surface area contributed by atoms with Crippen molar-refractivity contribution in [2.24, 2.45) is 5.92 Å². The first-order valence-electron chi connectivity index (χ1n) is 7.43. The number of nitrogens with one attached hydrogen (secondary N) is 1. The first-order chi connectivity index (χ1) is 9.48. The summed E-state index contributed by atoms with van der Waals surface area (Å²) in [5.74, 6) is 1.73. The maximum absolute atomic E-state index is 5.25. The summed E-state index contributed by atoms with van der Waals surface area (Å²) >= 11 is 0. The Balaban J connectivity index is 1.96. The molecule has 20 heavy (non-hydrogen) atoms. The molecule has 1 aromatic heterocycles. The highest BCUT2D eigenvalue weighted by atomic mass is 16.5. The minimum atomic E-state index is 0.120. The highest BCUT2D eigenvalue weighted by Gasteiger charge is 2.23. The van der Waals surface area contributed by atoms with Gasteiger partial charge in [0.1, 0.15) is 5.82 Å². The Bertz CT molecular complexity index is 428. The average Bonchev–Trinajstić information content (AvgIpc) is 2.85. The molecule has 1 saturated heterocycles. The molecule has 0 bridgehead atoms. The van der Waals surface area contributed by atoms with Gasteiger partial charge in [0, 0.05) is 38.2 Å². The Hall–Kier alpha value is -1.13. The molecule has 1 fully saturated rings. The highest BCUT2D eigenvalue weighted by molar-refractivity contribution is 5.40. The van der Waals surface area contributed by atoms with E-state index in [9.17, 15) is 0 Å². The number of nitrogens with zero attached hydrogens (tertiary/aromatic N) is 2. The SMILES string of the molecule is COCC1CCN(c2cccc(CNC(C)(C)C)n2)C1. The number of pyridine rings is 1. The van der Waals surface area contributed by atoms with E-state index in [0.717, 1.165) is 37.8 Å². The quantitative estimate of drug-likeness (QED) is 0.897. The summed E-state index contributed by atoms with van der Waals surface area (Å²) in [7, 11) is 1.78. The number of hydrogen-bond acceptors (Lipinski definition) is 4.